The Morgan fingerprint density at radius 3 is 3.00 bits per heavy atom. The monoisotopic (exact) mass is 234 g/mol. The van der Waals surface area contributed by atoms with Crippen LogP contribution < -0.4 is 5.73 Å². The topological polar surface area (TPSA) is 59.1 Å². The molecular weight excluding hydrogens is 220 g/mol. The van der Waals surface area contributed by atoms with Crippen molar-refractivity contribution in [2.24, 2.45) is 5.73 Å². The SMILES string of the molecule is NCC(O)c1ccc2sc(C3CC3)nc2c1. The van der Waals surface area contributed by atoms with Gasteiger partial charge in [-0.25, -0.2) is 4.98 Å². The van der Waals surface area contributed by atoms with Crippen molar-refractivity contribution in [2.45, 2.75) is 24.9 Å². The van der Waals surface area contributed by atoms with E-state index in [0.29, 0.717) is 5.92 Å². The molecule has 0 saturated heterocycles. The maximum absolute atomic E-state index is 9.67. The maximum atomic E-state index is 9.67. The number of nitrogens with zero attached hydrogens (tertiary/aromatic N) is 1. The Balaban J connectivity index is 2.02. The van der Waals surface area contributed by atoms with Crippen LogP contribution in [0, 0.1) is 0 Å². The van der Waals surface area contributed by atoms with E-state index in [0.717, 1.165) is 11.1 Å². The first kappa shape index (κ1) is 10.2. The number of fused-ring (bicyclic) bond motifs is 1. The Morgan fingerprint density at radius 2 is 2.31 bits per heavy atom. The van der Waals surface area contributed by atoms with E-state index < -0.39 is 6.10 Å². The second-order valence-electron chi connectivity index (χ2n) is 4.31. The Hall–Kier alpha value is -0.970. The van der Waals surface area contributed by atoms with Gasteiger partial charge in [0.1, 0.15) is 0 Å². The molecule has 0 spiro atoms. The van der Waals surface area contributed by atoms with Gasteiger partial charge < -0.3 is 10.8 Å². The van der Waals surface area contributed by atoms with Crippen LogP contribution in [0.4, 0.5) is 0 Å². The summed E-state index contributed by atoms with van der Waals surface area (Å²) in [7, 11) is 0. The highest BCUT2D eigenvalue weighted by Crippen LogP contribution is 2.43. The fourth-order valence-electron chi connectivity index (χ4n) is 1.81. The van der Waals surface area contributed by atoms with E-state index in [-0.39, 0.29) is 6.54 Å². The van der Waals surface area contributed by atoms with Crippen LogP contribution in [0.2, 0.25) is 0 Å². The molecule has 1 aromatic carbocycles. The van der Waals surface area contributed by atoms with Crippen LogP contribution in [0.5, 0.6) is 0 Å². The zero-order valence-electron chi connectivity index (χ0n) is 8.89. The summed E-state index contributed by atoms with van der Waals surface area (Å²) < 4.78 is 1.20. The largest absolute Gasteiger partial charge is 0.387 e. The maximum Gasteiger partial charge on any atom is 0.0969 e. The molecule has 1 heterocycles. The molecule has 0 bridgehead atoms. The Morgan fingerprint density at radius 1 is 1.50 bits per heavy atom. The zero-order valence-corrected chi connectivity index (χ0v) is 9.70. The quantitative estimate of drug-likeness (QED) is 0.855. The number of hydrogen-bond acceptors (Lipinski definition) is 4. The molecule has 3 rings (SSSR count). The molecule has 0 amide bonds. The van der Waals surface area contributed by atoms with E-state index in [1.807, 2.05) is 18.2 Å². The van der Waals surface area contributed by atoms with Crippen LogP contribution in [-0.4, -0.2) is 16.6 Å². The molecule has 1 fully saturated rings. The molecule has 16 heavy (non-hydrogen) atoms. The molecule has 1 unspecified atom stereocenters. The van der Waals surface area contributed by atoms with Crippen LogP contribution in [0.1, 0.15) is 35.4 Å². The molecule has 0 radical (unpaired) electrons. The third-order valence-corrected chi connectivity index (χ3v) is 4.16. The van der Waals surface area contributed by atoms with Gasteiger partial charge in [-0.05, 0) is 30.5 Å². The average Bonchev–Trinajstić information content (AvgIpc) is 3.07. The highest BCUT2D eigenvalue weighted by atomic mass is 32.1. The van der Waals surface area contributed by atoms with Crippen LogP contribution in [0.25, 0.3) is 10.2 Å². The summed E-state index contributed by atoms with van der Waals surface area (Å²) in [6.45, 7) is 0.255. The lowest BCUT2D eigenvalue weighted by Gasteiger charge is -2.06. The molecule has 3 N–H and O–H groups in total. The van der Waals surface area contributed by atoms with Gasteiger partial charge in [0.25, 0.3) is 0 Å². The van der Waals surface area contributed by atoms with Gasteiger partial charge in [-0.3, -0.25) is 0 Å². The highest BCUT2D eigenvalue weighted by Gasteiger charge is 2.27. The zero-order chi connectivity index (χ0) is 11.1. The number of nitrogens with two attached hydrogens (primary N) is 1. The molecule has 1 aromatic heterocycles. The number of aliphatic hydroxyl groups excluding tert-OH is 1. The first-order valence-corrected chi connectivity index (χ1v) is 6.38. The second-order valence-corrected chi connectivity index (χ2v) is 5.37. The lowest BCUT2D eigenvalue weighted by Crippen LogP contribution is -2.11. The molecule has 3 nitrogen and oxygen atoms in total. The Kier molecular flexibility index (Phi) is 2.42. The lowest BCUT2D eigenvalue weighted by molar-refractivity contribution is 0.187. The average molecular weight is 234 g/mol. The first-order chi connectivity index (χ1) is 7.78. The second kappa shape index (κ2) is 3.80. The predicted octanol–water partition coefficient (Wildman–Crippen LogP) is 2.17. The van der Waals surface area contributed by atoms with Crippen molar-refractivity contribution >= 4 is 21.6 Å². The van der Waals surface area contributed by atoms with Crippen molar-refractivity contribution in [3.8, 4) is 0 Å². The molecule has 0 aliphatic heterocycles. The summed E-state index contributed by atoms with van der Waals surface area (Å²) in [5.41, 5.74) is 7.30. The predicted molar refractivity (Wildman–Crippen MR) is 65.6 cm³/mol. The summed E-state index contributed by atoms with van der Waals surface area (Å²) in [6.07, 6.45) is 1.98. The normalized spacial score (nSPS) is 17.9. The van der Waals surface area contributed by atoms with Gasteiger partial charge in [-0.1, -0.05) is 6.07 Å². The van der Waals surface area contributed by atoms with E-state index in [9.17, 15) is 5.11 Å². The van der Waals surface area contributed by atoms with Crippen molar-refractivity contribution < 1.29 is 5.11 Å². The van der Waals surface area contributed by atoms with E-state index in [4.69, 9.17) is 5.73 Å². The minimum absolute atomic E-state index is 0.255. The number of benzene rings is 1. The van der Waals surface area contributed by atoms with Gasteiger partial charge in [-0.15, -0.1) is 11.3 Å². The molecule has 4 heteroatoms. The molecule has 1 aliphatic carbocycles. The molecule has 2 aromatic rings. The van der Waals surface area contributed by atoms with Crippen LogP contribution in [0.15, 0.2) is 18.2 Å². The Labute approximate surface area is 97.9 Å². The molecule has 84 valence electrons. The number of thiazole rings is 1. The van der Waals surface area contributed by atoms with E-state index >= 15 is 0 Å². The number of hydrogen-bond donors (Lipinski definition) is 2. The fraction of sp³-hybridized carbons (Fsp3) is 0.417. The van der Waals surface area contributed by atoms with Crippen molar-refractivity contribution in [3.05, 3.63) is 28.8 Å². The molecular formula is C12H14N2OS. The van der Waals surface area contributed by atoms with Crippen molar-refractivity contribution in [3.63, 3.8) is 0 Å². The van der Waals surface area contributed by atoms with Gasteiger partial charge in [0.15, 0.2) is 0 Å². The fourth-order valence-corrected chi connectivity index (χ4v) is 2.93. The standard InChI is InChI=1S/C12H14N2OS/c13-6-10(15)8-3-4-11-9(5-8)14-12(16-11)7-1-2-7/h3-5,7,10,15H,1-2,6,13H2. The van der Waals surface area contributed by atoms with Gasteiger partial charge in [-0.2, -0.15) is 0 Å². The summed E-state index contributed by atoms with van der Waals surface area (Å²) >= 11 is 1.77. The number of aliphatic hydroxyl groups is 1. The minimum atomic E-state index is -0.574. The van der Waals surface area contributed by atoms with Crippen molar-refractivity contribution in [1.82, 2.24) is 4.98 Å². The van der Waals surface area contributed by atoms with Crippen LogP contribution in [-0.2, 0) is 0 Å². The minimum Gasteiger partial charge on any atom is -0.387 e. The number of rotatable bonds is 3. The lowest BCUT2D eigenvalue weighted by atomic mass is 10.1. The summed E-state index contributed by atoms with van der Waals surface area (Å²) in [4.78, 5) is 4.62. The Bertz CT molecular complexity index is 519. The molecule has 1 atom stereocenters. The van der Waals surface area contributed by atoms with Gasteiger partial charge in [0.2, 0.25) is 0 Å². The van der Waals surface area contributed by atoms with E-state index in [1.165, 1.54) is 22.5 Å². The van der Waals surface area contributed by atoms with Crippen molar-refractivity contribution in [2.75, 3.05) is 6.54 Å². The summed E-state index contributed by atoms with van der Waals surface area (Å²) in [5, 5.41) is 10.9. The van der Waals surface area contributed by atoms with E-state index in [1.54, 1.807) is 11.3 Å². The molecule has 1 saturated carbocycles. The van der Waals surface area contributed by atoms with Gasteiger partial charge in [0.05, 0.1) is 21.3 Å². The van der Waals surface area contributed by atoms with Crippen LogP contribution >= 0.6 is 11.3 Å². The van der Waals surface area contributed by atoms with Gasteiger partial charge in [0, 0.05) is 12.5 Å². The third-order valence-electron chi connectivity index (χ3n) is 2.96. The van der Waals surface area contributed by atoms with E-state index in [2.05, 4.69) is 4.98 Å². The molecule has 1 aliphatic rings. The third kappa shape index (κ3) is 1.73. The smallest absolute Gasteiger partial charge is 0.0969 e. The van der Waals surface area contributed by atoms with Gasteiger partial charge >= 0.3 is 0 Å². The van der Waals surface area contributed by atoms with Crippen molar-refractivity contribution in [1.29, 1.82) is 0 Å². The van der Waals surface area contributed by atoms with Crippen LogP contribution in [0.3, 0.4) is 0 Å². The number of aromatic nitrogens is 1. The summed E-state index contributed by atoms with van der Waals surface area (Å²) in [5.74, 6) is 0.695. The highest BCUT2D eigenvalue weighted by molar-refractivity contribution is 7.18. The summed E-state index contributed by atoms with van der Waals surface area (Å²) in [6, 6.07) is 5.93. The first-order valence-electron chi connectivity index (χ1n) is 5.56.